The highest BCUT2D eigenvalue weighted by Crippen LogP contribution is 2.16. The fraction of sp³-hybridized carbons (Fsp3) is 0.667. The molecule has 0 aromatic heterocycles. The Morgan fingerprint density at radius 1 is 0.947 bits per heavy atom. The Hall–Kier alpha value is -0.820. The van der Waals surface area contributed by atoms with Crippen molar-refractivity contribution in [2.75, 3.05) is 0 Å². The van der Waals surface area contributed by atoms with Crippen LogP contribution < -0.4 is 5.32 Å². The first kappa shape index (κ1) is 16.2. The summed E-state index contributed by atoms with van der Waals surface area (Å²) in [4.78, 5) is 0. The van der Waals surface area contributed by atoms with E-state index in [9.17, 15) is 0 Å². The molecule has 19 heavy (non-hydrogen) atoms. The first-order valence-electron chi connectivity index (χ1n) is 7.87. The zero-order valence-corrected chi connectivity index (χ0v) is 13.4. The molecule has 1 nitrogen and oxygen atoms in total. The van der Waals surface area contributed by atoms with E-state index < -0.39 is 0 Å². The minimum absolute atomic E-state index is 0.442. The van der Waals surface area contributed by atoms with E-state index in [0.29, 0.717) is 12.1 Å². The molecule has 2 atom stereocenters. The third kappa shape index (κ3) is 6.24. The van der Waals surface area contributed by atoms with Gasteiger partial charge < -0.3 is 5.32 Å². The SMILES string of the molecule is CCCc1ccc(C(C)NC(C)CCC(C)C)cc1. The van der Waals surface area contributed by atoms with E-state index >= 15 is 0 Å². The molecule has 1 aromatic rings. The lowest BCUT2D eigenvalue weighted by molar-refractivity contribution is 0.417. The van der Waals surface area contributed by atoms with E-state index in [2.05, 4.69) is 64.2 Å². The first-order chi connectivity index (χ1) is 9.02. The van der Waals surface area contributed by atoms with Gasteiger partial charge in [0.25, 0.3) is 0 Å². The van der Waals surface area contributed by atoms with Gasteiger partial charge in [-0.05, 0) is 50.2 Å². The highest BCUT2D eigenvalue weighted by atomic mass is 14.9. The molecular formula is C18H31N. The summed E-state index contributed by atoms with van der Waals surface area (Å²) in [6.45, 7) is 11.4. The van der Waals surface area contributed by atoms with Crippen LogP contribution in [-0.2, 0) is 6.42 Å². The molecule has 0 amide bonds. The molecule has 0 saturated carbocycles. The molecule has 0 heterocycles. The number of nitrogens with one attached hydrogen (secondary N) is 1. The molecule has 0 bridgehead atoms. The molecule has 1 N–H and O–H groups in total. The number of rotatable bonds is 8. The molecule has 108 valence electrons. The van der Waals surface area contributed by atoms with Crippen molar-refractivity contribution in [3.8, 4) is 0 Å². The van der Waals surface area contributed by atoms with Gasteiger partial charge in [0.05, 0.1) is 0 Å². The lowest BCUT2D eigenvalue weighted by atomic mass is 10.0. The fourth-order valence-electron chi connectivity index (χ4n) is 2.45. The number of hydrogen-bond donors (Lipinski definition) is 1. The second kappa shape index (κ2) is 8.37. The van der Waals surface area contributed by atoms with E-state index in [-0.39, 0.29) is 0 Å². The maximum absolute atomic E-state index is 3.70. The maximum atomic E-state index is 3.70. The molecule has 0 aliphatic heterocycles. The van der Waals surface area contributed by atoms with E-state index in [1.54, 1.807) is 0 Å². The number of benzene rings is 1. The summed E-state index contributed by atoms with van der Waals surface area (Å²) in [7, 11) is 0. The van der Waals surface area contributed by atoms with Crippen molar-refractivity contribution in [1.82, 2.24) is 5.32 Å². The van der Waals surface area contributed by atoms with Gasteiger partial charge in [-0.2, -0.15) is 0 Å². The van der Waals surface area contributed by atoms with Crippen LogP contribution in [0.15, 0.2) is 24.3 Å². The summed E-state index contributed by atoms with van der Waals surface area (Å²) >= 11 is 0. The Bertz CT molecular complexity index is 339. The van der Waals surface area contributed by atoms with Crippen molar-refractivity contribution in [2.24, 2.45) is 5.92 Å². The van der Waals surface area contributed by atoms with Gasteiger partial charge in [0.15, 0.2) is 0 Å². The average Bonchev–Trinajstić information content (AvgIpc) is 2.37. The molecule has 0 radical (unpaired) electrons. The smallest absolute Gasteiger partial charge is 0.0294 e. The van der Waals surface area contributed by atoms with E-state index in [1.807, 2.05) is 0 Å². The van der Waals surface area contributed by atoms with Crippen LogP contribution in [0.2, 0.25) is 0 Å². The second-order valence-electron chi connectivity index (χ2n) is 6.25. The highest BCUT2D eigenvalue weighted by molar-refractivity contribution is 5.24. The van der Waals surface area contributed by atoms with Crippen LogP contribution >= 0.6 is 0 Å². The Kier molecular flexibility index (Phi) is 7.15. The molecule has 1 rings (SSSR count). The Labute approximate surface area is 119 Å². The van der Waals surface area contributed by atoms with Crippen molar-refractivity contribution in [2.45, 2.75) is 72.4 Å². The van der Waals surface area contributed by atoms with Gasteiger partial charge in [-0.15, -0.1) is 0 Å². The summed E-state index contributed by atoms with van der Waals surface area (Å²) in [6.07, 6.45) is 4.97. The van der Waals surface area contributed by atoms with Crippen LogP contribution in [0.4, 0.5) is 0 Å². The van der Waals surface area contributed by atoms with Crippen molar-refractivity contribution in [3.05, 3.63) is 35.4 Å². The zero-order chi connectivity index (χ0) is 14.3. The molecule has 0 aliphatic carbocycles. The predicted molar refractivity (Wildman–Crippen MR) is 85.5 cm³/mol. The van der Waals surface area contributed by atoms with Crippen LogP contribution in [0.3, 0.4) is 0 Å². The molecule has 0 fully saturated rings. The summed E-state index contributed by atoms with van der Waals surface area (Å²) in [5, 5.41) is 3.70. The predicted octanol–water partition coefficient (Wildman–Crippen LogP) is 5.11. The van der Waals surface area contributed by atoms with Crippen molar-refractivity contribution < 1.29 is 0 Å². The molecule has 1 heteroatoms. The van der Waals surface area contributed by atoms with Gasteiger partial charge in [-0.25, -0.2) is 0 Å². The molecular weight excluding hydrogens is 230 g/mol. The van der Waals surface area contributed by atoms with Crippen molar-refractivity contribution >= 4 is 0 Å². The minimum Gasteiger partial charge on any atom is -0.308 e. The van der Waals surface area contributed by atoms with Gasteiger partial charge in [0.1, 0.15) is 0 Å². The van der Waals surface area contributed by atoms with Gasteiger partial charge in [-0.3, -0.25) is 0 Å². The molecule has 2 unspecified atom stereocenters. The summed E-state index contributed by atoms with van der Waals surface area (Å²) < 4.78 is 0. The van der Waals surface area contributed by atoms with Crippen LogP contribution in [0.1, 0.15) is 71.0 Å². The number of aryl methyl sites for hydroxylation is 1. The Morgan fingerprint density at radius 2 is 1.58 bits per heavy atom. The summed E-state index contributed by atoms with van der Waals surface area (Å²) in [6, 6.07) is 10.1. The highest BCUT2D eigenvalue weighted by Gasteiger charge is 2.09. The van der Waals surface area contributed by atoms with Crippen LogP contribution in [0.25, 0.3) is 0 Å². The first-order valence-corrected chi connectivity index (χ1v) is 7.87. The van der Waals surface area contributed by atoms with Crippen LogP contribution in [0, 0.1) is 5.92 Å². The van der Waals surface area contributed by atoms with E-state index in [0.717, 1.165) is 5.92 Å². The molecule has 0 saturated heterocycles. The average molecular weight is 261 g/mol. The molecule has 0 spiro atoms. The Balaban J connectivity index is 2.45. The van der Waals surface area contributed by atoms with Crippen molar-refractivity contribution in [3.63, 3.8) is 0 Å². The van der Waals surface area contributed by atoms with E-state index in [4.69, 9.17) is 0 Å². The van der Waals surface area contributed by atoms with Gasteiger partial charge in [-0.1, -0.05) is 51.5 Å². The fourth-order valence-corrected chi connectivity index (χ4v) is 2.45. The monoisotopic (exact) mass is 261 g/mol. The molecule has 0 aliphatic rings. The minimum atomic E-state index is 0.442. The Morgan fingerprint density at radius 3 is 2.11 bits per heavy atom. The summed E-state index contributed by atoms with van der Waals surface area (Å²) in [5.41, 5.74) is 2.85. The zero-order valence-electron chi connectivity index (χ0n) is 13.4. The number of hydrogen-bond acceptors (Lipinski definition) is 1. The van der Waals surface area contributed by atoms with Gasteiger partial charge in [0, 0.05) is 12.1 Å². The maximum Gasteiger partial charge on any atom is 0.0294 e. The summed E-state index contributed by atoms with van der Waals surface area (Å²) in [5.74, 6) is 0.799. The largest absolute Gasteiger partial charge is 0.308 e. The third-order valence-electron chi connectivity index (χ3n) is 3.73. The van der Waals surface area contributed by atoms with Crippen molar-refractivity contribution in [1.29, 1.82) is 0 Å². The molecule has 1 aromatic carbocycles. The lowest BCUT2D eigenvalue weighted by Gasteiger charge is -2.21. The van der Waals surface area contributed by atoms with E-state index in [1.165, 1.54) is 36.8 Å². The van der Waals surface area contributed by atoms with Gasteiger partial charge >= 0.3 is 0 Å². The topological polar surface area (TPSA) is 12.0 Å². The van der Waals surface area contributed by atoms with Crippen LogP contribution in [0.5, 0.6) is 0 Å². The lowest BCUT2D eigenvalue weighted by Crippen LogP contribution is -2.29. The van der Waals surface area contributed by atoms with Crippen LogP contribution in [-0.4, -0.2) is 6.04 Å². The quantitative estimate of drug-likeness (QED) is 0.685. The van der Waals surface area contributed by atoms with Gasteiger partial charge in [0.2, 0.25) is 0 Å². The second-order valence-corrected chi connectivity index (χ2v) is 6.25. The normalized spacial score (nSPS) is 14.6. The third-order valence-corrected chi connectivity index (χ3v) is 3.73. The standard InChI is InChI=1S/C18H31N/c1-6-7-17-10-12-18(13-11-17)16(5)19-15(4)9-8-14(2)3/h10-16,19H,6-9H2,1-5H3.